The van der Waals surface area contributed by atoms with E-state index >= 15 is 0 Å². The molecule has 0 aromatic carbocycles. The van der Waals surface area contributed by atoms with Crippen LogP contribution >= 0.6 is 0 Å². The normalized spacial score (nSPS) is 52.9. The van der Waals surface area contributed by atoms with Crippen LogP contribution in [0.2, 0.25) is 0 Å². The van der Waals surface area contributed by atoms with Gasteiger partial charge in [-0.3, -0.25) is 0 Å². The van der Waals surface area contributed by atoms with Crippen LogP contribution in [0.15, 0.2) is 24.2 Å². The van der Waals surface area contributed by atoms with Gasteiger partial charge in [-0.25, -0.2) is 0 Å². The van der Waals surface area contributed by atoms with Gasteiger partial charge in [0.25, 0.3) is 0 Å². The van der Waals surface area contributed by atoms with Gasteiger partial charge < -0.3 is 19.7 Å². The number of fused-ring (bicyclic) bond motifs is 5. The Morgan fingerprint density at radius 1 is 1.04 bits per heavy atom. The third-order valence-corrected chi connectivity index (χ3v) is 9.30. The second kappa shape index (κ2) is 5.76. The fourth-order valence-corrected chi connectivity index (χ4v) is 8.15. The first-order valence-electron chi connectivity index (χ1n) is 10.8. The summed E-state index contributed by atoms with van der Waals surface area (Å²) >= 11 is 0. The maximum atomic E-state index is 11.4. The van der Waals surface area contributed by atoms with Crippen molar-refractivity contribution in [1.29, 1.82) is 0 Å². The maximum absolute atomic E-state index is 11.4. The molecule has 5 rings (SSSR count). The molecule has 2 N–H and O–H groups in total. The van der Waals surface area contributed by atoms with E-state index in [1.54, 1.807) is 12.5 Å². The van der Waals surface area contributed by atoms with Crippen molar-refractivity contribution in [3.63, 3.8) is 0 Å². The zero-order chi connectivity index (χ0) is 19.0. The van der Waals surface area contributed by atoms with E-state index in [-0.39, 0.29) is 23.0 Å². The van der Waals surface area contributed by atoms with Gasteiger partial charge in [0, 0.05) is 12.8 Å². The summed E-state index contributed by atoms with van der Waals surface area (Å²) in [4.78, 5) is 0. The van der Waals surface area contributed by atoms with Gasteiger partial charge in [-0.05, 0) is 73.5 Å². The lowest BCUT2D eigenvalue weighted by Gasteiger charge is -2.60. The van der Waals surface area contributed by atoms with Gasteiger partial charge in [0.05, 0.1) is 12.2 Å². The molecular weight excluding hydrogens is 340 g/mol. The highest BCUT2D eigenvalue weighted by Crippen LogP contribution is 2.68. The summed E-state index contributed by atoms with van der Waals surface area (Å²) in [6.07, 6.45) is 12.1. The van der Waals surface area contributed by atoms with Gasteiger partial charge in [-0.15, -0.1) is 0 Å². The Kier molecular flexibility index (Phi) is 3.85. The lowest BCUT2D eigenvalue weighted by Crippen LogP contribution is -2.58. The zero-order valence-corrected chi connectivity index (χ0v) is 16.9. The highest BCUT2D eigenvalue weighted by Gasteiger charge is 2.65. The van der Waals surface area contributed by atoms with E-state index in [0.717, 1.165) is 38.5 Å². The molecule has 0 saturated heterocycles. The molecule has 0 aromatic heterocycles. The lowest BCUT2D eigenvalue weighted by atomic mass is 9.46. The van der Waals surface area contributed by atoms with Crippen molar-refractivity contribution < 1.29 is 19.7 Å². The number of rotatable bonds is 1. The number of ether oxygens (including phenoxy) is 2. The average Bonchev–Trinajstić information content (AvgIpc) is 3.19. The van der Waals surface area contributed by atoms with Crippen molar-refractivity contribution in [2.45, 2.75) is 83.7 Å². The molecule has 5 aliphatic rings. The topological polar surface area (TPSA) is 58.9 Å². The second-order valence-corrected chi connectivity index (χ2v) is 10.5. The standard InChI is InChI=1S/C23H34O4/c1-21-9-8-15(24)12-14(21)4-5-16-17-6-7-19(23(3)26-10-11-27-23)22(17,2)13-18(25)20(16)21/h4,10-11,15-20,24-25H,5-9,12-13H2,1-3H3/t15-,16-,17-,18-,19-,20+,21-,22-/m0/s1. The van der Waals surface area contributed by atoms with Crippen LogP contribution in [0.4, 0.5) is 0 Å². The third-order valence-electron chi connectivity index (χ3n) is 9.30. The predicted molar refractivity (Wildman–Crippen MR) is 102 cm³/mol. The van der Waals surface area contributed by atoms with Crippen molar-refractivity contribution >= 4 is 0 Å². The summed E-state index contributed by atoms with van der Waals surface area (Å²) in [7, 11) is 0. The Morgan fingerprint density at radius 3 is 2.52 bits per heavy atom. The lowest BCUT2D eigenvalue weighted by molar-refractivity contribution is -0.214. The van der Waals surface area contributed by atoms with E-state index in [2.05, 4.69) is 26.8 Å². The molecule has 0 amide bonds. The molecule has 150 valence electrons. The molecule has 0 spiro atoms. The minimum Gasteiger partial charge on any atom is -0.457 e. The van der Waals surface area contributed by atoms with Crippen LogP contribution in [0.3, 0.4) is 0 Å². The van der Waals surface area contributed by atoms with Crippen molar-refractivity contribution in [2.24, 2.45) is 34.5 Å². The Balaban J connectivity index is 1.49. The molecule has 27 heavy (non-hydrogen) atoms. The first-order chi connectivity index (χ1) is 12.8. The minimum atomic E-state index is -0.593. The van der Waals surface area contributed by atoms with Crippen LogP contribution in [0.25, 0.3) is 0 Å². The molecule has 0 aromatic rings. The smallest absolute Gasteiger partial charge is 0.250 e. The number of aliphatic hydroxyl groups is 2. The molecule has 4 aliphatic carbocycles. The van der Waals surface area contributed by atoms with Gasteiger partial charge >= 0.3 is 0 Å². The van der Waals surface area contributed by atoms with Crippen LogP contribution in [-0.4, -0.2) is 28.2 Å². The van der Waals surface area contributed by atoms with Crippen molar-refractivity contribution in [1.82, 2.24) is 0 Å². The molecule has 0 radical (unpaired) electrons. The van der Waals surface area contributed by atoms with Crippen molar-refractivity contribution in [2.75, 3.05) is 0 Å². The van der Waals surface area contributed by atoms with E-state index in [1.807, 2.05) is 0 Å². The summed E-state index contributed by atoms with van der Waals surface area (Å²) in [6, 6.07) is 0. The highest BCUT2D eigenvalue weighted by molar-refractivity contribution is 5.26. The molecule has 0 unspecified atom stereocenters. The van der Waals surface area contributed by atoms with Gasteiger partial charge in [0.1, 0.15) is 12.5 Å². The van der Waals surface area contributed by atoms with E-state index in [9.17, 15) is 10.2 Å². The Labute approximate surface area is 162 Å². The Bertz CT molecular complexity index is 676. The van der Waals surface area contributed by atoms with E-state index in [1.165, 1.54) is 12.0 Å². The van der Waals surface area contributed by atoms with E-state index in [0.29, 0.717) is 23.7 Å². The number of hydrogen-bond acceptors (Lipinski definition) is 4. The summed E-state index contributed by atoms with van der Waals surface area (Å²) in [6.45, 7) is 6.79. The maximum Gasteiger partial charge on any atom is 0.250 e. The first-order valence-corrected chi connectivity index (χ1v) is 10.8. The fraction of sp³-hybridized carbons (Fsp3) is 0.826. The molecule has 4 heteroatoms. The second-order valence-electron chi connectivity index (χ2n) is 10.5. The summed E-state index contributed by atoms with van der Waals surface area (Å²) < 4.78 is 11.8. The molecule has 4 nitrogen and oxygen atoms in total. The van der Waals surface area contributed by atoms with E-state index in [4.69, 9.17) is 9.47 Å². The summed E-state index contributed by atoms with van der Waals surface area (Å²) in [5, 5.41) is 21.6. The third kappa shape index (κ3) is 2.35. The van der Waals surface area contributed by atoms with Crippen LogP contribution < -0.4 is 0 Å². The van der Waals surface area contributed by atoms with Crippen LogP contribution in [-0.2, 0) is 9.47 Å². The molecule has 8 atom stereocenters. The highest BCUT2D eigenvalue weighted by atomic mass is 16.7. The van der Waals surface area contributed by atoms with Crippen LogP contribution in [0.1, 0.15) is 65.7 Å². The molecule has 1 heterocycles. The quantitative estimate of drug-likeness (QED) is 0.678. The van der Waals surface area contributed by atoms with E-state index < -0.39 is 5.79 Å². The van der Waals surface area contributed by atoms with Crippen LogP contribution in [0.5, 0.6) is 0 Å². The molecule has 3 fully saturated rings. The number of aliphatic hydroxyl groups excluding tert-OH is 2. The molecule has 1 aliphatic heterocycles. The van der Waals surface area contributed by atoms with Gasteiger partial charge in [-0.2, -0.15) is 0 Å². The Hall–Kier alpha value is -1.00. The minimum absolute atomic E-state index is 0.0389. The molecule has 0 bridgehead atoms. The van der Waals surface area contributed by atoms with Crippen molar-refractivity contribution in [3.8, 4) is 0 Å². The number of hydrogen-bond donors (Lipinski definition) is 2. The molecule has 3 saturated carbocycles. The zero-order valence-electron chi connectivity index (χ0n) is 16.9. The first kappa shape index (κ1) is 18.1. The van der Waals surface area contributed by atoms with Crippen molar-refractivity contribution in [3.05, 3.63) is 24.2 Å². The van der Waals surface area contributed by atoms with Gasteiger partial charge in [0.2, 0.25) is 5.79 Å². The average molecular weight is 375 g/mol. The fourth-order valence-electron chi connectivity index (χ4n) is 8.15. The monoisotopic (exact) mass is 374 g/mol. The summed E-state index contributed by atoms with van der Waals surface area (Å²) in [5.74, 6) is 1.14. The largest absolute Gasteiger partial charge is 0.457 e. The molecular formula is C23H34O4. The Morgan fingerprint density at radius 2 is 1.78 bits per heavy atom. The van der Waals surface area contributed by atoms with Crippen LogP contribution in [0, 0.1) is 34.5 Å². The number of allylic oxidation sites excluding steroid dienone is 1. The van der Waals surface area contributed by atoms with Gasteiger partial charge in [0.15, 0.2) is 0 Å². The predicted octanol–water partition coefficient (Wildman–Crippen LogP) is 4.13. The SMILES string of the molecule is CC1([C@H]2CC[C@H]3[C@@H]4CC=C5C[C@@H](O)CC[C@]5(C)[C@H]4[C@@H](O)C[C@]23C)OC=CO1. The van der Waals surface area contributed by atoms with Gasteiger partial charge in [-0.1, -0.05) is 25.5 Å². The summed E-state index contributed by atoms with van der Waals surface area (Å²) in [5.41, 5.74) is 1.49.